The molecule has 2 aliphatic heterocycles. The van der Waals surface area contributed by atoms with Gasteiger partial charge in [-0.3, -0.25) is 9.59 Å². The van der Waals surface area contributed by atoms with Crippen LogP contribution in [0.4, 0.5) is 0 Å². The summed E-state index contributed by atoms with van der Waals surface area (Å²) >= 11 is 0. The molecular weight excluding hydrogens is 316 g/mol. The van der Waals surface area contributed by atoms with Crippen LogP contribution in [0.1, 0.15) is 41.8 Å². The summed E-state index contributed by atoms with van der Waals surface area (Å²) in [5, 5.41) is 0.970. The molecule has 2 aromatic rings. The zero-order chi connectivity index (χ0) is 17.6. The Hall–Kier alpha value is -2.30. The highest BCUT2D eigenvalue weighted by Gasteiger charge is 2.37. The van der Waals surface area contributed by atoms with Crippen molar-refractivity contribution in [3.63, 3.8) is 0 Å². The average molecular weight is 340 g/mol. The smallest absolute Gasteiger partial charge is 0.253 e. The average Bonchev–Trinajstić information content (AvgIpc) is 2.92. The highest BCUT2D eigenvalue weighted by Crippen LogP contribution is 2.30. The van der Waals surface area contributed by atoms with Gasteiger partial charge in [-0.05, 0) is 56.4 Å². The molecule has 2 atom stereocenters. The third-order valence-electron chi connectivity index (χ3n) is 5.72. The zero-order valence-corrected chi connectivity index (χ0v) is 14.8. The molecule has 0 saturated carbocycles. The van der Waals surface area contributed by atoms with Gasteiger partial charge in [-0.15, -0.1) is 0 Å². The topological polar surface area (TPSA) is 53.8 Å². The molecule has 5 nitrogen and oxygen atoms in total. The third kappa shape index (κ3) is 2.92. The number of hydrogen-bond donors (Lipinski definition) is 0. The number of fused-ring (bicyclic) bond motifs is 2. The minimum atomic E-state index is 0.0810. The van der Waals surface area contributed by atoms with Crippen molar-refractivity contribution in [3.8, 4) is 0 Å². The van der Waals surface area contributed by atoms with E-state index in [0.29, 0.717) is 24.4 Å². The standard InChI is InChI=1S/C20H24N2O3/c1-13-10-16-11-14(6-7-18(16)25-13)20(24)22-9-8-17-15(12-22)4-3-5-19(23)21(17)2/h6-7,10-11,15,17H,3-5,8-9,12H2,1-2H3/t15-,17-/m1/s1. The first kappa shape index (κ1) is 16.2. The van der Waals surface area contributed by atoms with Gasteiger partial charge in [0.2, 0.25) is 5.91 Å². The summed E-state index contributed by atoms with van der Waals surface area (Å²) in [4.78, 5) is 28.9. The van der Waals surface area contributed by atoms with E-state index in [0.717, 1.165) is 42.5 Å². The zero-order valence-electron chi connectivity index (χ0n) is 14.8. The van der Waals surface area contributed by atoms with Gasteiger partial charge < -0.3 is 14.2 Å². The molecular formula is C20H24N2O3. The lowest BCUT2D eigenvalue weighted by Crippen LogP contribution is -2.51. The number of nitrogens with zero attached hydrogens (tertiary/aromatic N) is 2. The van der Waals surface area contributed by atoms with E-state index in [1.165, 1.54) is 0 Å². The van der Waals surface area contributed by atoms with Gasteiger partial charge in [0.15, 0.2) is 0 Å². The van der Waals surface area contributed by atoms with Crippen LogP contribution in [0.2, 0.25) is 0 Å². The predicted octanol–water partition coefficient (Wildman–Crippen LogP) is 3.21. The number of furan rings is 1. The molecule has 2 fully saturated rings. The van der Waals surface area contributed by atoms with E-state index in [-0.39, 0.29) is 17.9 Å². The largest absolute Gasteiger partial charge is 0.461 e. The Labute approximate surface area is 147 Å². The number of rotatable bonds is 1. The van der Waals surface area contributed by atoms with E-state index in [9.17, 15) is 9.59 Å². The fourth-order valence-electron chi connectivity index (χ4n) is 4.37. The molecule has 0 aliphatic carbocycles. The van der Waals surface area contributed by atoms with Crippen LogP contribution in [0, 0.1) is 12.8 Å². The van der Waals surface area contributed by atoms with Crippen LogP contribution < -0.4 is 0 Å². The Balaban J connectivity index is 1.53. The van der Waals surface area contributed by atoms with Crippen LogP contribution in [0.3, 0.4) is 0 Å². The molecule has 0 spiro atoms. The number of carbonyl (C=O) groups excluding carboxylic acids is 2. The van der Waals surface area contributed by atoms with Gasteiger partial charge in [-0.2, -0.15) is 0 Å². The van der Waals surface area contributed by atoms with Gasteiger partial charge in [0, 0.05) is 43.5 Å². The van der Waals surface area contributed by atoms with Crippen molar-refractivity contribution in [2.75, 3.05) is 20.1 Å². The van der Waals surface area contributed by atoms with Gasteiger partial charge in [0.1, 0.15) is 11.3 Å². The lowest BCUT2D eigenvalue weighted by molar-refractivity contribution is -0.132. The van der Waals surface area contributed by atoms with Gasteiger partial charge >= 0.3 is 0 Å². The molecule has 0 N–H and O–H groups in total. The van der Waals surface area contributed by atoms with Crippen molar-refractivity contribution in [1.29, 1.82) is 0 Å². The summed E-state index contributed by atoms with van der Waals surface area (Å²) in [5.74, 6) is 1.56. The first-order valence-corrected chi connectivity index (χ1v) is 9.08. The second-order valence-corrected chi connectivity index (χ2v) is 7.37. The number of amides is 2. The Morgan fingerprint density at radius 2 is 2.08 bits per heavy atom. The van der Waals surface area contributed by atoms with Crippen LogP contribution in [0.25, 0.3) is 11.0 Å². The van der Waals surface area contributed by atoms with Crippen molar-refractivity contribution in [3.05, 3.63) is 35.6 Å². The molecule has 3 heterocycles. The van der Waals surface area contributed by atoms with Gasteiger partial charge in [-0.25, -0.2) is 0 Å². The van der Waals surface area contributed by atoms with E-state index in [4.69, 9.17) is 4.42 Å². The lowest BCUT2D eigenvalue weighted by atomic mass is 9.88. The minimum absolute atomic E-state index is 0.0810. The van der Waals surface area contributed by atoms with Crippen molar-refractivity contribution < 1.29 is 14.0 Å². The molecule has 1 aromatic heterocycles. The summed E-state index contributed by atoms with van der Waals surface area (Å²) in [6.07, 6.45) is 3.44. The summed E-state index contributed by atoms with van der Waals surface area (Å²) in [6, 6.07) is 7.88. The number of aryl methyl sites for hydroxylation is 1. The highest BCUT2D eigenvalue weighted by molar-refractivity contribution is 5.98. The van der Waals surface area contributed by atoms with E-state index in [1.807, 2.05) is 48.0 Å². The van der Waals surface area contributed by atoms with Gasteiger partial charge in [-0.1, -0.05) is 0 Å². The number of hydrogen-bond acceptors (Lipinski definition) is 3. The van der Waals surface area contributed by atoms with E-state index in [1.54, 1.807) is 0 Å². The molecule has 132 valence electrons. The predicted molar refractivity (Wildman–Crippen MR) is 95.4 cm³/mol. The Morgan fingerprint density at radius 1 is 1.24 bits per heavy atom. The second-order valence-electron chi connectivity index (χ2n) is 7.37. The maximum Gasteiger partial charge on any atom is 0.253 e. The number of benzene rings is 1. The summed E-state index contributed by atoms with van der Waals surface area (Å²) in [6.45, 7) is 3.36. The number of carbonyl (C=O) groups is 2. The van der Waals surface area contributed by atoms with Crippen molar-refractivity contribution in [1.82, 2.24) is 9.80 Å². The normalized spacial score (nSPS) is 24.3. The number of likely N-dealkylation sites (tertiary alicyclic amines) is 2. The second kappa shape index (κ2) is 6.21. The summed E-state index contributed by atoms with van der Waals surface area (Å²) in [7, 11) is 1.91. The monoisotopic (exact) mass is 340 g/mol. The molecule has 0 unspecified atom stereocenters. The minimum Gasteiger partial charge on any atom is -0.461 e. The third-order valence-corrected chi connectivity index (χ3v) is 5.72. The lowest BCUT2D eigenvalue weighted by Gasteiger charge is -2.41. The van der Waals surface area contributed by atoms with Crippen molar-refractivity contribution >= 4 is 22.8 Å². The molecule has 2 aliphatic rings. The Bertz CT molecular complexity index is 825. The van der Waals surface area contributed by atoms with Crippen molar-refractivity contribution in [2.45, 2.75) is 38.6 Å². The maximum absolute atomic E-state index is 13.0. The van der Waals surface area contributed by atoms with E-state index >= 15 is 0 Å². The Kier molecular flexibility index (Phi) is 4.02. The van der Waals surface area contributed by atoms with Gasteiger partial charge in [0.25, 0.3) is 5.91 Å². The molecule has 2 amide bonds. The fourth-order valence-corrected chi connectivity index (χ4v) is 4.37. The molecule has 5 heteroatoms. The van der Waals surface area contributed by atoms with Crippen LogP contribution in [-0.2, 0) is 4.79 Å². The molecule has 1 aromatic carbocycles. The van der Waals surface area contributed by atoms with Crippen LogP contribution in [0.5, 0.6) is 0 Å². The Morgan fingerprint density at radius 3 is 2.92 bits per heavy atom. The summed E-state index contributed by atoms with van der Waals surface area (Å²) in [5.41, 5.74) is 1.53. The molecule has 0 bridgehead atoms. The highest BCUT2D eigenvalue weighted by atomic mass is 16.3. The first-order chi connectivity index (χ1) is 12.0. The van der Waals surface area contributed by atoms with Gasteiger partial charge in [0.05, 0.1) is 0 Å². The van der Waals surface area contributed by atoms with Crippen LogP contribution in [0.15, 0.2) is 28.7 Å². The maximum atomic E-state index is 13.0. The molecule has 0 radical (unpaired) electrons. The SMILES string of the molecule is Cc1cc2cc(C(=O)N3CC[C@@H]4[C@H](CCCC(=O)N4C)C3)ccc2o1. The first-order valence-electron chi connectivity index (χ1n) is 9.08. The molecule has 2 saturated heterocycles. The van der Waals surface area contributed by atoms with E-state index < -0.39 is 0 Å². The fraction of sp³-hybridized carbons (Fsp3) is 0.500. The molecule has 4 rings (SSSR count). The van der Waals surface area contributed by atoms with Crippen LogP contribution in [-0.4, -0.2) is 47.8 Å². The number of piperidine rings is 1. The molecule has 25 heavy (non-hydrogen) atoms. The van der Waals surface area contributed by atoms with Crippen molar-refractivity contribution in [2.24, 2.45) is 5.92 Å². The van der Waals surface area contributed by atoms with E-state index in [2.05, 4.69) is 0 Å². The summed E-state index contributed by atoms with van der Waals surface area (Å²) < 4.78 is 5.59. The quantitative estimate of drug-likeness (QED) is 0.801. The van der Waals surface area contributed by atoms with Crippen LogP contribution >= 0.6 is 0 Å².